The molecular formula is C15H25NS. The third kappa shape index (κ3) is 3.82. The predicted molar refractivity (Wildman–Crippen MR) is 76.5 cm³/mol. The minimum Gasteiger partial charge on any atom is -0.310 e. The summed E-state index contributed by atoms with van der Waals surface area (Å²) in [7, 11) is 0. The van der Waals surface area contributed by atoms with E-state index in [1.165, 1.54) is 50.5 Å². The van der Waals surface area contributed by atoms with Crippen LogP contribution in [-0.2, 0) is 0 Å². The summed E-state index contributed by atoms with van der Waals surface area (Å²) in [5.41, 5.74) is 1.52. The molecule has 0 bridgehead atoms. The summed E-state index contributed by atoms with van der Waals surface area (Å²) in [5, 5.41) is 8.25. The topological polar surface area (TPSA) is 12.0 Å². The highest BCUT2D eigenvalue weighted by Gasteiger charge is 2.22. The maximum atomic E-state index is 3.71. The molecule has 1 aliphatic rings. The summed E-state index contributed by atoms with van der Waals surface area (Å²) in [6.07, 6.45) is 10.0. The monoisotopic (exact) mass is 251 g/mol. The molecule has 0 spiro atoms. The summed E-state index contributed by atoms with van der Waals surface area (Å²) < 4.78 is 0. The summed E-state index contributed by atoms with van der Waals surface area (Å²) in [6.45, 7) is 3.30. The van der Waals surface area contributed by atoms with Crippen LogP contribution in [0.25, 0.3) is 0 Å². The van der Waals surface area contributed by atoms with Crippen LogP contribution >= 0.6 is 11.3 Å². The van der Waals surface area contributed by atoms with Gasteiger partial charge in [0.25, 0.3) is 0 Å². The molecule has 1 heterocycles. The first-order valence-corrected chi connectivity index (χ1v) is 8.11. The van der Waals surface area contributed by atoms with Gasteiger partial charge in [0.05, 0.1) is 0 Å². The summed E-state index contributed by atoms with van der Waals surface area (Å²) in [5.74, 6) is 0.852. The first kappa shape index (κ1) is 13.1. The quantitative estimate of drug-likeness (QED) is 0.813. The van der Waals surface area contributed by atoms with E-state index in [4.69, 9.17) is 0 Å². The van der Waals surface area contributed by atoms with Crippen molar-refractivity contribution in [2.75, 3.05) is 6.54 Å². The first-order chi connectivity index (χ1) is 8.42. The number of hydrogen-bond acceptors (Lipinski definition) is 2. The number of hydrogen-bond donors (Lipinski definition) is 1. The Morgan fingerprint density at radius 2 is 1.94 bits per heavy atom. The fourth-order valence-electron chi connectivity index (χ4n) is 3.05. The molecule has 0 aromatic carbocycles. The van der Waals surface area contributed by atoms with Crippen molar-refractivity contribution < 1.29 is 0 Å². The molecule has 1 aliphatic carbocycles. The second-order valence-electron chi connectivity index (χ2n) is 5.20. The van der Waals surface area contributed by atoms with E-state index in [9.17, 15) is 0 Å². The third-order valence-corrected chi connectivity index (χ3v) is 4.65. The van der Waals surface area contributed by atoms with Crippen LogP contribution in [0.4, 0.5) is 0 Å². The SMILES string of the molecule is CCNC(c1ccsc1)C1CCCCCCC1. The van der Waals surface area contributed by atoms with Crippen LogP contribution in [0.5, 0.6) is 0 Å². The van der Waals surface area contributed by atoms with E-state index < -0.39 is 0 Å². The summed E-state index contributed by atoms with van der Waals surface area (Å²) in [6, 6.07) is 2.90. The van der Waals surface area contributed by atoms with Crippen molar-refractivity contribution in [3.8, 4) is 0 Å². The van der Waals surface area contributed by atoms with Gasteiger partial charge in [-0.2, -0.15) is 11.3 Å². The number of rotatable bonds is 4. The fraction of sp³-hybridized carbons (Fsp3) is 0.733. The minimum absolute atomic E-state index is 0.601. The van der Waals surface area contributed by atoms with Gasteiger partial charge in [0.1, 0.15) is 0 Å². The highest BCUT2D eigenvalue weighted by atomic mass is 32.1. The molecule has 0 radical (unpaired) electrons. The zero-order chi connectivity index (χ0) is 11.9. The van der Waals surface area contributed by atoms with Gasteiger partial charge in [-0.3, -0.25) is 0 Å². The average molecular weight is 251 g/mol. The first-order valence-electron chi connectivity index (χ1n) is 7.17. The van der Waals surface area contributed by atoms with E-state index in [2.05, 4.69) is 29.1 Å². The van der Waals surface area contributed by atoms with E-state index >= 15 is 0 Å². The minimum atomic E-state index is 0.601. The molecule has 0 aliphatic heterocycles. The Labute approximate surface area is 110 Å². The second kappa shape index (κ2) is 7.17. The van der Waals surface area contributed by atoms with E-state index in [0.717, 1.165) is 12.5 Å². The molecule has 2 rings (SSSR count). The lowest BCUT2D eigenvalue weighted by molar-refractivity contribution is 0.292. The number of thiophene rings is 1. The van der Waals surface area contributed by atoms with Crippen molar-refractivity contribution in [3.63, 3.8) is 0 Å². The zero-order valence-corrected chi connectivity index (χ0v) is 11.8. The van der Waals surface area contributed by atoms with Crippen molar-refractivity contribution in [3.05, 3.63) is 22.4 Å². The van der Waals surface area contributed by atoms with Crippen LogP contribution in [0.1, 0.15) is 63.5 Å². The predicted octanol–water partition coefficient (Wildman–Crippen LogP) is 4.76. The highest BCUT2D eigenvalue weighted by molar-refractivity contribution is 7.07. The maximum Gasteiger partial charge on any atom is 0.0356 e. The van der Waals surface area contributed by atoms with Crippen LogP contribution in [0, 0.1) is 5.92 Å². The van der Waals surface area contributed by atoms with Gasteiger partial charge in [-0.15, -0.1) is 0 Å². The zero-order valence-electron chi connectivity index (χ0n) is 11.0. The van der Waals surface area contributed by atoms with Crippen LogP contribution < -0.4 is 5.32 Å². The highest BCUT2D eigenvalue weighted by Crippen LogP contribution is 2.33. The fourth-order valence-corrected chi connectivity index (χ4v) is 3.75. The van der Waals surface area contributed by atoms with Crippen LogP contribution in [0.2, 0.25) is 0 Å². The summed E-state index contributed by atoms with van der Waals surface area (Å²) in [4.78, 5) is 0. The van der Waals surface area contributed by atoms with Gasteiger partial charge in [0.15, 0.2) is 0 Å². The summed E-state index contributed by atoms with van der Waals surface area (Å²) >= 11 is 1.83. The van der Waals surface area contributed by atoms with Crippen molar-refractivity contribution in [1.29, 1.82) is 0 Å². The molecule has 0 amide bonds. The van der Waals surface area contributed by atoms with Crippen molar-refractivity contribution in [2.24, 2.45) is 5.92 Å². The van der Waals surface area contributed by atoms with Crippen molar-refractivity contribution >= 4 is 11.3 Å². The number of nitrogens with one attached hydrogen (secondary N) is 1. The molecule has 1 fully saturated rings. The Bertz CT molecular complexity index is 286. The van der Waals surface area contributed by atoms with E-state index in [1.807, 2.05) is 11.3 Å². The molecule has 1 saturated carbocycles. The molecule has 1 aromatic rings. The Morgan fingerprint density at radius 1 is 1.24 bits per heavy atom. The van der Waals surface area contributed by atoms with Gasteiger partial charge >= 0.3 is 0 Å². The maximum absolute atomic E-state index is 3.71. The van der Waals surface area contributed by atoms with Gasteiger partial charge < -0.3 is 5.32 Å². The Kier molecular flexibility index (Phi) is 5.53. The van der Waals surface area contributed by atoms with Gasteiger partial charge in [-0.1, -0.05) is 39.0 Å². The molecule has 1 nitrogen and oxygen atoms in total. The average Bonchev–Trinajstić information content (AvgIpc) is 2.79. The molecular weight excluding hydrogens is 226 g/mol. The van der Waals surface area contributed by atoms with E-state index in [1.54, 1.807) is 0 Å². The van der Waals surface area contributed by atoms with Gasteiger partial charge in [-0.05, 0) is 47.7 Å². The second-order valence-corrected chi connectivity index (χ2v) is 5.98. The normalized spacial score (nSPS) is 20.8. The molecule has 17 heavy (non-hydrogen) atoms. The van der Waals surface area contributed by atoms with Crippen molar-refractivity contribution in [1.82, 2.24) is 5.32 Å². The van der Waals surface area contributed by atoms with E-state index in [-0.39, 0.29) is 0 Å². The molecule has 1 N–H and O–H groups in total. The largest absolute Gasteiger partial charge is 0.310 e. The smallest absolute Gasteiger partial charge is 0.0356 e. The molecule has 96 valence electrons. The van der Waals surface area contributed by atoms with Crippen LogP contribution in [0.15, 0.2) is 16.8 Å². The lowest BCUT2D eigenvalue weighted by Crippen LogP contribution is -2.28. The lowest BCUT2D eigenvalue weighted by atomic mass is 9.83. The Morgan fingerprint density at radius 3 is 2.53 bits per heavy atom. The van der Waals surface area contributed by atoms with Gasteiger partial charge in [0, 0.05) is 6.04 Å². The third-order valence-electron chi connectivity index (χ3n) is 3.95. The van der Waals surface area contributed by atoms with Crippen molar-refractivity contribution in [2.45, 2.75) is 57.9 Å². The Balaban J connectivity index is 2.02. The Hall–Kier alpha value is -0.340. The van der Waals surface area contributed by atoms with E-state index in [0.29, 0.717) is 6.04 Å². The molecule has 1 atom stereocenters. The van der Waals surface area contributed by atoms with Crippen LogP contribution in [0.3, 0.4) is 0 Å². The molecule has 0 saturated heterocycles. The van der Waals surface area contributed by atoms with Gasteiger partial charge in [0.2, 0.25) is 0 Å². The molecule has 1 unspecified atom stereocenters. The lowest BCUT2D eigenvalue weighted by Gasteiger charge is -2.29. The van der Waals surface area contributed by atoms with Gasteiger partial charge in [-0.25, -0.2) is 0 Å². The standard InChI is InChI=1S/C15H25NS/c1-2-16-15(14-10-11-17-12-14)13-8-6-4-3-5-7-9-13/h10-13,15-16H,2-9H2,1H3. The van der Waals surface area contributed by atoms with Crippen LogP contribution in [-0.4, -0.2) is 6.54 Å². The molecule has 1 aromatic heterocycles. The molecule has 2 heteroatoms.